The van der Waals surface area contributed by atoms with E-state index in [0.717, 1.165) is 38.2 Å². The summed E-state index contributed by atoms with van der Waals surface area (Å²) in [6.07, 6.45) is 6.53. The predicted octanol–water partition coefficient (Wildman–Crippen LogP) is 1.54. The summed E-state index contributed by atoms with van der Waals surface area (Å²) in [5.74, 6) is 1.06. The molecule has 1 saturated heterocycles. The van der Waals surface area contributed by atoms with Crippen LogP contribution < -0.4 is 11.0 Å². The quantitative estimate of drug-likeness (QED) is 0.757. The van der Waals surface area contributed by atoms with Crippen LogP contribution in [0.1, 0.15) is 45.4 Å². The largest absolute Gasteiger partial charge is 0.376 e. The monoisotopic (exact) mass is 354 g/mol. The van der Waals surface area contributed by atoms with Crippen molar-refractivity contribution in [2.75, 3.05) is 12.4 Å². The van der Waals surface area contributed by atoms with Crippen LogP contribution in [0.3, 0.4) is 0 Å². The molecule has 1 aliphatic carbocycles. The van der Waals surface area contributed by atoms with Crippen molar-refractivity contribution in [2.24, 2.45) is 5.92 Å². The molecule has 1 aromatic rings. The number of nitrogens with one attached hydrogen (secondary N) is 2. The normalized spacial score (nSPS) is 27.3. The lowest BCUT2D eigenvalue weighted by molar-refractivity contribution is -0.119. The number of amides is 1. The van der Waals surface area contributed by atoms with E-state index in [4.69, 9.17) is 4.74 Å². The Hall–Kier alpha value is -1.28. The molecule has 1 amide bonds. The molecule has 134 valence electrons. The van der Waals surface area contributed by atoms with Crippen LogP contribution >= 0.6 is 11.8 Å². The second-order valence-corrected chi connectivity index (χ2v) is 7.81. The highest BCUT2D eigenvalue weighted by molar-refractivity contribution is 7.99. The standard InChI is InChI=1S/C16H26N4O3S/c1-11-4-6-12(7-5-11)17-14(21)10-24-16-19-18-15(22)20(16)9-13-3-2-8-23-13/h11-13H,2-10H2,1H3,(H,17,21)(H,18,22). The minimum atomic E-state index is -0.241. The van der Waals surface area contributed by atoms with Crippen molar-refractivity contribution in [3.63, 3.8) is 0 Å². The van der Waals surface area contributed by atoms with Gasteiger partial charge in [-0.1, -0.05) is 18.7 Å². The van der Waals surface area contributed by atoms with Gasteiger partial charge < -0.3 is 10.1 Å². The molecular formula is C16H26N4O3S. The zero-order valence-electron chi connectivity index (χ0n) is 14.1. The summed E-state index contributed by atoms with van der Waals surface area (Å²) in [5, 5.41) is 10.2. The number of hydrogen-bond donors (Lipinski definition) is 2. The molecule has 8 heteroatoms. The van der Waals surface area contributed by atoms with Crippen LogP contribution in [-0.2, 0) is 16.1 Å². The fourth-order valence-corrected chi connectivity index (χ4v) is 4.14. The zero-order valence-corrected chi connectivity index (χ0v) is 14.9. The van der Waals surface area contributed by atoms with E-state index in [0.29, 0.717) is 17.7 Å². The van der Waals surface area contributed by atoms with Gasteiger partial charge in [-0.05, 0) is 44.4 Å². The van der Waals surface area contributed by atoms with Crippen LogP contribution in [0.5, 0.6) is 0 Å². The van der Waals surface area contributed by atoms with Gasteiger partial charge in [-0.15, -0.1) is 5.10 Å². The van der Waals surface area contributed by atoms with E-state index < -0.39 is 0 Å². The molecule has 1 atom stereocenters. The van der Waals surface area contributed by atoms with Gasteiger partial charge in [-0.3, -0.25) is 9.36 Å². The van der Waals surface area contributed by atoms with Gasteiger partial charge in [0.15, 0.2) is 5.16 Å². The number of nitrogens with zero attached hydrogens (tertiary/aromatic N) is 2. The first kappa shape index (κ1) is 17.5. The molecule has 0 bridgehead atoms. The second-order valence-electron chi connectivity index (χ2n) is 6.87. The minimum absolute atomic E-state index is 0.0127. The summed E-state index contributed by atoms with van der Waals surface area (Å²) in [5.41, 5.74) is -0.241. The molecule has 7 nitrogen and oxygen atoms in total. The molecule has 0 spiro atoms. The number of carbonyl (C=O) groups is 1. The van der Waals surface area contributed by atoms with Gasteiger partial charge in [0.25, 0.3) is 0 Å². The lowest BCUT2D eigenvalue weighted by Crippen LogP contribution is -2.38. The van der Waals surface area contributed by atoms with Crippen molar-refractivity contribution in [3.05, 3.63) is 10.5 Å². The Labute approximate surface area is 145 Å². The fourth-order valence-electron chi connectivity index (χ4n) is 3.37. The maximum atomic E-state index is 12.1. The Morgan fingerprint density at radius 1 is 1.38 bits per heavy atom. The second kappa shape index (κ2) is 8.20. The van der Waals surface area contributed by atoms with Gasteiger partial charge in [0.2, 0.25) is 5.91 Å². The Morgan fingerprint density at radius 2 is 2.17 bits per heavy atom. The van der Waals surface area contributed by atoms with Gasteiger partial charge in [0, 0.05) is 12.6 Å². The SMILES string of the molecule is CC1CCC(NC(=O)CSc2n[nH]c(=O)n2CC2CCCO2)CC1. The molecule has 1 unspecified atom stereocenters. The number of ether oxygens (including phenoxy) is 1. The lowest BCUT2D eigenvalue weighted by Gasteiger charge is -2.26. The predicted molar refractivity (Wildman–Crippen MR) is 92.1 cm³/mol. The molecule has 2 N–H and O–H groups in total. The highest BCUT2D eigenvalue weighted by atomic mass is 32.2. The summed E-state index contributed by atoms with van der Waals surface area (Å²) in [4.78, 5) is 24.0. The molecule has 2 fully saturated rings. The van der Waals surface area contributed by atoms with Crippen LogP contribution in [0.15, 0.2) is 9.95 Å². The Morgan fingerprint density at radius 3 is 2.88 bits per heavy atom. The van der Waals surface area contributed by atoms with Crippen LogP contribution in [-0.4, -0.2) is 45.2 Å². The summed E-state index contributed by atoms with van der Waals surface area (Å²) in [7, 11) is 0. The summed E-state index contributed by atoms with van der Waals surface area (Å²) >= 11 is 1.30. The van der Waals surface area contributed by atoms with Crippen molar-refractivity contribution in [2.45, 2.75) is 69.3 Å². The van der Waals surface area contributed by atoms with Gasteiger partial charge in [-0.2, -0.15) is 0 Å². The third-order valence-electron chi connectivity index (χ3n) is 4.85. The molecule has 3 rings (SSSR count). The first-order chi connectivity index (χ1) is 11.6. The van der Waals surface area contributed by atoms with Crippen molar-refractivity contribution in [1.82, 2.24) is 20.1 Å². The van der Waals surface area contributed by atoms with Crippen LogP contribution in [0.4, 0.5) is 0 Å². The number of hydrogen-bond acceptors (Lipinski definition) is 5. The van der Waals surface area contributed by atoms with Crippen LogP contribution in [0.25, 0.3) is 0 Å². The van der Waals surface area contributed by atoms with Crippen LogP contribution in [0.2, 0.25) is 0 Å². The average molecular weight is 354 g/mol. The average Bonchev–Trinajstić information content (AvgIpc) is 3.19. The minimum Gasteiger partial charge on any atom is -0.376 e. The summed E-state index contributed by atoms with van der Waals surface area (Å²) < 4.78 is 7.16. The van der Waals surface area contributed by atoms with Crippen LogP contribution in [0, 0.1) is 5.92 Å². The number of thioether (sulfide) groups is 1. The van der Waals surface area contributed by atoms with Gasteiger partial charge in [0.05, 0.1) is 18.4 Å². The number of aromatic amines is 1. The van der Waals surface area contributed by atoms with Crippen molar-refractivity contribution >= 4 is 17.7 Å². The summed E-state index contributed by atoms with van der Waals surface area (Å²) in [6.45, 7) is 3.51. The molecule has 24 heavy (non-hydrogen) atoms. The molecule has 0 radical (unpaired) electrons. The molecule has 1 saturated carbocycles. The first-order valence-corrected chi connectivity index (χ1v) is 9.79. The molecule has 2 heterocycles. The Bertz CT molecular complexity index is 601. The van der Waals surface area contributed by atoms with Crippen molar-refractivity contribution in [3.8, 4) is 0 Å². The number of H-pyrrole nitrogens is 1. The van der Waals surface area contributed by atoms with E-state index in [1.54, 1.807) is 4.57 Å². The topological polar surface area (TPSA) is 89.0 Å². The van der Waals surface area contributed by atoms with E-state index in [2.05, 4.69) is 22.4 Å². The third kappa shape index (κ3) is 4.63. The first-order valence-electron chi connectivity index (χ1n) is 8.81. The number of carbonyl (C=O) groups excluding carboxylic acids is 1. The van der Waals surface area contributed by atoms with E-state index in [-0.39, 0.29) is 23.5 Å². The maximum absolute atomic E-state index is 12.1. The molecule has 1 aromatic heterocycles. The molecule has 0 aromatic carbocycles. The highest BCUT2D eigenvalue weighted by Gasteiger charge is 2.22. The third-order valence-corrected chi connectivity index (χ3v) is 5.82. The maximum Gasteiger partial charge on any atom is 0.344 e. The molecule has 2 aliphatic rings. The summed E-state index contributed by atoms with van der Waals surface area (Å²) in [6, 6.07) is 0.294. The number of aromatic nitrogens is 3. The van der Waals surface area contributed by atoms with E-state index in [1.807, 2.05) is 0 Å². The lowest BCUT2D eigenvalue weighted by atomic mass is 9.87. The smallest absolute Gasteiger partial charge is 0.344 e. The Kier molecular flexibility index (Phi) is 5.99. The Balaban J connectivity index is 1.49. The van der Waals surface area contributed by atoms with Crippen molar-refractivity contribution < 1.29 is 9.53 Å². The van der Waals surface area contributed by atoms with E-state index in [9.17, 15) is 9.59 Å². The van der Waals surface area contributed by atoms with Crippen molar-refractivity contribution in [1.29, 1.82) is 0 Å². The van der Waals surface area contributed by atoms with E-state index >= 15 is 0 Å². The fraction of sp³-hybridized carbons (Fsp3) is 0.812. The highest BCUT2D eigenvalue weighted by Crippen LogP contribution is 2.24. The van der Waals surface area contributed by atoms with Gasteiger partial charge in [-0.25, -0.2) is 9.89 Å². The molecule has 1 aliphatic heterocycles. The molecular weight excluding hydrogens is 328 g/mol. The van der Waals surface area contributed by atoms with E-state index in [1.165, 1.54) is 24.6 Å². The van der Waals surface area contributed by atoms with Gasteiger partial charge in [0.1, 0.15) is 0 Å². The number of rotatable bonds is 6. The van der Waals surface area contributed by atoms with Gasteiger partial charge >= 0.3 is 5.69 Å². The zero-order chi connectivity index (χ0) is 16.9.